The second-order valence-electron chi connectivity index (χ2n) is 5.55. The molecular formula is C15H15ClN6O4S. The first-order valence-electron chi connectivity index (χ1n) is 7.68. The average Bonchev–Trinajstić information content (AvgIpc) is 3.02. The summed E-state index contributed by atoms with van der Waals surface area (Å²) in [4.78, 5) is 24.1. The number of sulfonamides is 1. The molecule has 0 saturated carbocycles. The number of carbonyl (C=O) groups is 1. The van der Waals surface area contributed by atoms with E-state index in [1.807, 2.05) is 0 Å². The second-order valence-corrected chi connectivity index (χ2v) is 7.51. The zero-order valence-electron chi connectivity index (χ0n) is 13.9. The molecule has 3 aromatic rings. The fourth-order valence-electron chi connectivity index (χ4n) is 2.38. The van der Waals surface area contributed by atoms with Crippen LogP contribution in [0.5, 0.6) is 0 Å². The third-order valence-electron chi connectivity index (χ3n) is 3.69. The summed E-state index contributed by atoms with van der Waals surface area (Å²) in [6.45, 7) is 0.556. The maximum absolute atomic E-state index is 12.2. The number of primary sulfonamides is 1. The minimum atomic E-state index is -3.95. The normalized spacial score (nSPS) is 11.6. The molecule has 2 aromatic heterocycles. The first-order valence-corrected chi connectivity index (χ1v) is 9.60. The summed E-state index contributed by atoms with van der Waals surface area (Å²) < 4.78 is 29.7. The van der Waals surface area contributed by atoms with E-state index in [2.05, 4.69) is 15.0 Å². The first-order chi connectivity index (χ1) is 12.8. The quantitative estimate of drug-likeness (QED) is 0.449. The summed E-state index contributed by atoms with van der Waals surface area (Å²) in [5.74, 6) is -0.456. The number of anilines is 1. The van der Waals surface area contributed by atoms with Gasteiger partial charge in [0.2, 0.25) is 10.0 Å². The van der Waals surface area contributed by atoms with Crippen molar-refractivity contribution < 1.29 is 17.9 Å². The van der Waals surface area contributed by atoms with Crippen LogP contribution in [0.25, 0.3) is 11.2 Å². The lowest BCUT2D eigenvalue weighted by atomic mass is 10.2. The number of halogens is 1. The van der Waals surface area contributed by atoms with E-state index in [4.69, 9.17) is 27.2 Å². The first kappa shape index (κ1) is 19.0. The molecule has 0 aliphatic carbocycles. The van der Waals surface area contributed by atoms with Gasteiger partial charge in [-0.1, -0.05) is 11.6 Å². The highest BCUT2D eigenvalue weighted by atomic mass is 35.5. The van der Waals surface area contributed by atoms with E-state index in [1.165, 1.54) is 18.5 Å². The van der Waals surface area contributed by atoms with Crippen LogP contribution in [0, 0.1) is 0 Å². The number of nitrogen functional groups attached to an aromatic ring is 1. The van der Waals surface area contributed by atoms with Crippen LogP contribution in [0.4, 0.5) is 5.82 Å². The zero-order valence-corrected chi connectivity index (χ0v) is 15.4. The lowest BCUT2D eigenvalue weighted by Crippen LogP contribution is -2.14. The van der Waals surface area contributed by atoms with Gasteiger partial charge < -0.3 is 15.0 Å². The van der Waals surface area contributed by atoms with Gasteiger partial charge in [0.05, 0.1) is 28.4 Å². The van der Waals surface area contributed by atoms with Gasteiger partial charge in [-0.2, -0.15) is 0 Å². The highest BCUT2D eigenvalue weighted by Crippen LogP contribution is 2.21. The molecule has 0 saturated heterocycles. The number of benzene rings is 1. The number of aromatic nitrogens is 4. The summed E-state index contributed by atoms with van der Waals surface area (Å²) in [7, 11) is -3.95. The Morgan fingerprint density at radius 2 is 2.04 bits per heavy atom. The SMILES string of the molecule is Nc1ncnc2c1ncn2CCCOC(=O)c1cc(S(N)(=O)=O)ccc1Cl. The van der Waals surface area contributed by atoms with Crippen molar-refractivity contribution >= 4 is 44.6 Å². The zero-order chi connectivity index (χ0) is 19.6. The number of esters is 1. The van der Waals surface area contributed by atoms with Gasteiger partial charge in [-0.15, -0.1) is 0 Å². The molecule has 0 unspecified atom stereocenters. The Morgan fingerprint density at radius 3 is 2.78 bits per heavy atom. The predicted molar refractivity (Wildman–Crippen MR) is 97.5 cm³/mol. The van der Waals surface area contributed by atoms with Gasteiger partial charge >= 0.3 is 5.97 Å². The number of nitrogens with two attached hydrogens (primary N) is 2. The summed E-state index contributed by atoms with van der Waals surface area (Å²) in [5.41, 5.74) is 6.73. The molecule has 0 amide bonds. The molecule has 12 heteroatoms. The summed E-state index contributed by atoms with van der Waals surface area (Å²) in [5, 5.41) is 5.13. The van der Waals surface area contributed by atoms with Crippen LogP contribution in [-0.4, -0.2) is 40.5 Å². The maximum Gasteiger partial charge on any atom is 0.339 e. The molecule has 0 atom stereocenters. The van der Waals surface area contributed by atoms with Crippen molar-refractivity contribution in [3.63, 3.8) is 0 Å². The van der Waals surface area contributed by atoms with Gasteiger partial charge in [-0.05, 0) is 24.6 Å². The van der Waals surface area contributed by atoms with Crippen molar-refractivity contribution in [3.8, 4) is 0 Å². The highest BCUT2D eigenvalue weighted by Gasteiger charge is 2.17. The number of hydrogen-bond acceptors (Lipinski definition) is 8. The lowest BCUT2D eigenvalue weighted by Gasteiger charge is -2.08. The number of nitrogens with zero attached hydrogens (tertiary/aromatic N) is 4. The van der Waals surface area contributed by atoms with Gasteiger partial charge in [0.1, 0.15) is 11.8 Å². The van der Waals surface area contributed by atoms with Crippen LogP contribution >= 0.6 is 11.6 Å². The van der Waals surface area contributed by atoms with Gasteiger partial charge in [-0.25, -0.2) is 33.3 Å². The molecule has 142 valence electrons. The minimum absolute atomic E-state index is 0.0696. The van der Waals surface area contributed by atoms with Gasteiger partial charge in [0.15, 0.2) is 11.5 Å². The van der Waals surface area contributed by atoms with Crippen LogP contribution in [0.15, 0.2) is 35.7 Å². The van der Waals surface area contributed by atoms with E-state index in [0.29, 0.717) is 24.1 Å². The smallest absolute Gasteiger partial charge is 0.339 e. The van der Waals surface area contributed by atoms with E-state index in [0.717, 1.165) is 6.07 Å². The van der Waals surface area contributed by atoms with Crippen molar-refractivity contribution in [3.05, 3.63) is 41.4 Å². The largest absolute Gasteiger partial charge is 0.462 e. The minimum Gasteiger partial charge on any atom is -0.462 e. The van der Waals surface area contributed by atoms with E-state index in [9.17, 15) is 13.2 Å². The maximum atomic E-state index is 12.2. The molecule has 10 nitrogen and oxygen atoms in total. The number of fused-ring (bicyclic) bond motifs is 1. The van der Waals surface area contributed by atoms with Crippen LogP contribution < -0.4 is 10.9 Å². The van der Waals surface area contributed by atoms with Crippen molar-refractivity contribution in [1.29, 1.82) is 0 Å². The Morgan fingerprint density at radius 1 is 1.26 bits per heavy atom. The lowest BCUT2D eigenvalue weighted by molar-refractivity contribution is 0.0496. The van der Waals surface area contributed by atoms with Crippen LogP contribution in [-0.2, 0) is 21.3 Å². The molecule has 0 spiro atoms. The molecule has 0 bridgehead atoms. The third kappa shape index (κ3) is 4.15. The number of imidazole rings is 1. The fraction of sp³-hybridized carbons (Fsp3) is 0.200. The number of rotatable bonds is 6. The van der Waals surface area contributed by atoms with Crippen LogP contribution in [0.3, 0.4) is 0 Å². The Labute approximate surface area is 159 Å². The van der Waals surface area contributed by atoms with Gasteiger partial charge in [-0.3, -0.25) is 0 Å². The Balaban J connectivity index is 1.62. The number of aryl methyl sites for hydroxylation is 1. The average molecular weight is 411 g/mol. The van der Waals surface area contributed by atoms with Crippen molar-refractivity contribution in [2.75, 3.05) is 12.3 Å². The molecular weight excluding hydrogens is 396 g/mol. The molecule has 1 aromatic carbocycles. The van der Waals surface area contributed by atoms with E-state index < -0.39 is 16.0 Å². The van der Waals surface area contributed by atoms with Gasteiger partial charge in [0, 0.05) is 6.54 Å². The number of hydrogen-bond donors (Lipinski definition) is 2. The van der Waals surface area contributed by atoms with E-state index in [-0.39, 0.29) is 27.9 Å². The number of ether oxygens (including phenoxy) is 1. The van der Waals surface area contributed by atoms with Crippen LogP contribution in [0.2, 0.25) is 5.02 Å². The van der Waals surface area contributed by atoms with Gasteiger partial charge in [0.25, 0.3) is 0 Å². The molecule has 0 aliphatic rings. The molecule has 0 radical (unpaired) electrons. The molecule has 27 heavy (non-hydrogen) atoms. The van der Waals surface area contributed by atoms with E-state index in [1.54, 1.807) is 10.9 Å². The highest BCUT2D eigenvalue weighted by molar-refractivity contribution is 7.89. The molecule has 4 N–H and O–H groups in total. The second kappa shape index (κ2) is 7.47. The molecule has 3 rings (SSSR count). The number of carbonyl (C=O) groups excluding carboxylic acids is 1. The topological polar surface area (TPSA) is 156 Å². The van der Waals surface area contributed by atoms with E-state index >= 15 is 0 Å². The van der Waals surface area contributed by atoms with Crippen molar-refractivity contribution in [2.24, 2.45) is 5.14 Å². The third-order valence-corrected chi connectivity index (χ3v) is 4.93. The Hall–Kier alpha value is -2.76. The molecule has 0 aliphatic heterocycles. The predicted octanol–water partition coefficient (Wildman–Crippen LogP) is 0.956. The summed E-state index contributed by atoms with van der Waals surface area (Å²) >= 11 is 5.94. The monoisotopic (exact) mass is 410 g/mol. The summed E-state index contributed by atoms with van der Waals surface area (Å²) in [6.07, 6.45) is 3.38. The van der Waals surface area contributed by atoms with Crippen molar-refractivity contribution in [2.45, 2.75) is 17.9 Å². The van der Waals surface area contributed by atoms with Crippen molar-refractivity contribution in [1.82, 2.24) is 19.5 Å². The fourth-order valence-corrected chi connectivity index (χ4v) is 3.11. The standard InChI is InChI=1S/C15H15ClN6O4S/c16-11-3-2-9(27(18,24)25)6-10(11)15(23)26-5-1-4-22-8-21-12-13(17)19-7-20-14(12)22/h2-3,6-8H,1,4-5H2,(H2,17,19,20)(H2,18,24,25). The van der Waals surface area contributed by atoms with Crippen LogP contribution in [0.1, 0.15) is 16.8 Å². The molecule has 2 heterocycles. The Bertz CT molecular complexity index is 1110. The Kier molecular flexibility index (Phi) is 5.26. The molecule has 0 fully saturated rings. The summed E-state index contributed by atoms with van der Waals surface area (Å²) in [6, 6.07) is 3.58.